The third kappa shape index (κ3) is 4.46. The minimum Gasteiger partial charge on any atom is -0.383 e. The van der Waals surface area contributed by atoms with Gasteiger partial charge in [-0.1, -0.05) is 31.2 Å². The van der Waals surface area contributed by atoms with Crippen molar-refractivity contribution in [1.82, 2.24) is 4.72 Å². The summed E-state index contributed by atoms with van der Waals surface area (Å²) in [6, 6.07) is 12.1. The van der Waals surface area contributed by atoms with Crippen LogP contribution in [0.3, 0.4) is 0 Å². The molecular formula is C17H21NO5S2. The van der Waals surface area contributed by atoms with E-state index in [-0.39, 0.29) is 27.8 Å². The third-order valence-electron chi connectivity index (χ3n) is 3.67. The summed E-state index contributed by atoms with van der Waals surface area (Å²) in [5, 5.41) is 0. The molecule has 0 unspecified atom stereocenters. The fourth-order valence-corrected chi connectivity index (χ4v) is 5.07. The Morgan fingerprint density at radius 3 is 2.24 bits per heavy atom. The summed E-state index contributed by atoms with van der Waals surface area (Å²) in [5.41, 5.74) is 0.553. The molecule has 2 aromatic carbocycles. The maximum absolute atomic E-state index is 12.7. The molecule has 0 radical (unpaired) electrons. The third-order valence-corrected chi connectivity index (χ3v) is 6.98. The molecule has 0 aliphatic heterocycles. The molecule has 0 bridgehead atoms. The van der Waals surface area contributed by atoms with Crippen LogP contribution < -0.4 is 4.72 Å². The topological polar surface area (TPSA) is 89.5 Å². The maximum Gasteiger partial charge on any atom is 0.240 e. The van der Waals surface area contributed by atoms with E-state index in [1.54, 1.807) is 24.3 Å². The fourth-order valence-electron chi connectivity index (χ4n) is 2.34. The summed E-state index contributed by atoms with van der Waals surface area (Å²) in [6.07, 6.45) is 0.464. The molecule has 0 aliphatic rings. The molecule has 136 valence electrons. The molecule has 0 spiro atoms. The number of hydrogen-bond acceptors (Lipinski definition) is 5. The molecule has 0 fully saturated rings. The van der Waals surface area contributed by atoms with Crippen molar-refractivity contribution in [2.24, 2.45) is 0 Å². The molecule has 0 aliphatic carbocycles. The van der Waals surface area contributed by atoms with Crippen LogP contribution >= 0.6 is 0 Å². The molecule has 1 N–H and O–H groups in total. The SMILES string of the molecule is CCc1ccc(S(=O)(=O)c2ccccc2)cc1S(=O)(=O)NCCOC. The first-order chi connectivity index (χ1) is 11.8. The second-order valence-electron chi connectivity index (χ2n) is 5.33. The number of hydrogen-bond donors (Lipinski definition) is 1. The number of nitrogens with one attached hydrogen (secondary N) is 1. The molecule has 6 nitrogen and oxygen atoms in total. The molecule has 0 aromatic heterocycles. The van der Waals surface area contributed by atoms with Gasteiger partial charge in [-0.3, -0.25) is 0 Å². The Labute approximate surface area is 148 Å². The van der Waals surface area contributed by atoms with Gasteiger partial charge in [0.1, 0.15) is 0 Å². The Morgan fingerprint density at radius 1 is 0.960 bits per heavy atom. The molecule has 2 rings (SSSR count). The van der Waals surface area contributed by atoms with Crippen molar-refractivity contribution in [1.29, 1.82) is 0 Å². The summed E-state index contributed by atoms with van der Waals surface area (Å²) in [7, 11) is -6.15. The molecule has 0 heterocycles. The predicted molar refractivity (Wildman–Crippen MR) is 94.8 cm³/mol. The van der Waals surface area contributed by atoms with Crippen molar-refractivity contribution in [3.63, 3.8) is 0 Å². The van der Waals surface area contributed by atoms with E-state index in [0.717, 1.165) is 0 Å². The second kappa shape index (κ2) is 8.09. The van der Waals surface area contributed by atoms with Crippen molar-refractivity contribution in [2.45, 2.75) is 28.0 Å². The van der Waals surface area contributed by atoms with Gasteiger partial charge in [0.2, 0.25) is 19.9 Å². The van der Waals surface area contributed by atoms with Crippen LogP contribution in [0.25, 0.3) is 0 Å². The zero-order valence-corrected chi connectivity index (χ0v) is 15.7. The van der Waals surface area contributed by atoms with Gasteiger partial charge in [0.25, 0.3) is 0 Å². The van der Waals surface area contributed by atoms with Crippen LogP contribution in [0.4, 0.5) is 0 Å². The first-order valence-electron chi connectivity index (χ1n) is 7.74. The van der Waals surface area contributed by atoms with E-state index in [9.17, 15) is 16.8 Å². The molecule has 0 saturated carbocycles. The monoisotopic (exact) mass is 383 g/mol. The van der Waals surface area contributed by atoms with Gasteiger partial charge in [-0.05, 0) is 36.2 Å². The number of rotatable bonds is 8. The zero-order chi connectivity index (χ0) is 18.5. The van der Waals surface area contributed by atoms with E-state index in [1.165, 1.54) is 31.4 Å². The Hall–Kier alpha value is -1.74. The van der Waals surface area contributed by atoms with E-state index in [1.807, 2.05) is 6.92 Å². The van der Waals surface area contributed by atoms with E-state index in [4.69, 9.17) is 4.74 Å². The average molecular weight is 383 g/mol. The molecule has 25 heavy (non-hydrogen) atoms. The van der Waals surface area contributed by atoms with Crippen molar-refractivity contribution in [3.05, 3.63) is 54.1 Å². The molecule has 0 amide bonds. The Balaban J connectivity index is 2.51. The highest BCUT2D eigenvalue weighted by molar-refractivity contribution is 7.91. The van der Waals surface area contributed by atoms with Gasteiger partial charge >= 0.3 is 0 Å². The van der Waals surface area contributed by atoms with Crippen molar-refractivity contribution in [2.75, 3.05) is 20.3 Å². The lowest BCUT2D eigenvalue weighted by Crippen LogP contribution is -2.28. The Kier molecular flexibility index (Phi) is 6.34. The minimum absolute atomic E-state index is 0.0249. The van der Waals surface area contributed by atoms with Gasteiger partial charge in [0.15, 0.2) is 0 Å². The van der Waals surface area contributed by atoms with Crippen molar-refractivity contribution in [3.8, 4) is 0 Å². The lowest BCUT2D eigenvalue weighted by Gasteiger charge is -2.13. The highest BCUT2D eigenvalue weighted by Gasteiger charge is 2.23. The molecule has 0 atom stereocenters. The van der Waals surface area contributed by atoms with Crippen molar-refractivity contribution < 1.29 is 21.6 Å². The van der Waals surface area contributed by atoms with Gasteiger partial charge in [-0.25, -0.2) is 21.6 Å². The summed E-state index contributed by atoms with van der Waals surface area (Å²) >= 11 is 0. The summed E-state index contributed by atoms with van der Waals surface area (Å²) in [5.74, 6) is 0. The van der Waals surface area contributed by atoms with E-state index in [2.05, 4.69) is 4.72 Å². The van der Waals surface area contributed by atoms with Gasteiger partial charge in [0, 0.05) is 13.7 Å². The van der Waals surface area contributed by atoms with Crippen LogP contribution in [0.15, 0.2) is 63.2 Å². The highest BCUT2D eigenvalue weighted by Crippen LogP contribution is 2.25. The fraction of sp³-hybridized carbons (Fsp3) is 0.294. The van der Waals surface area contributed by atoms with Crippen LogP contribution in [0.2, 0.25) is 0 Å². The van der Waals surface area contributed by atoms with Crippen LogP contribution in [0.5, 0.6) is 0 Å². The largest absolute Gasteiger partial charge is 0.383 e. The number of methoxy groups -OCH3 is 1. The van der Waals surface area contributed by atoms with E-state index in [0.29, 0.717) is 12.0 Å². The van der Waals surface area contributed by atoms with Gasteiger partial charge < -0.3 is 4.74 Å². The molecule has 0 saturated heterocycles. The van der Waals surface area contributed by atoms with Crippen LogP contribution in [-0.2, 0) is 31.0 Å². The smallest absolute Gasteiger partial charge is 0.240 e. The average Bonchev–Trinajstić information content (AvgIpc) is 2.62. The van der Waals surface area contributed by atoms with Crippen LogP contribution in [-0.4, -0.2) is 37.1 Å². The number of benzene rings is 2. The molecule has 2 aromatic rings. The van der Waals surface area contributed by atoms with Gasteiger partial charge in [0.05, 0.1) is 21.3 Å². The number of ether oxygens (including phenoxy) is 1. The summed E-state index contributed by atoms with van der Waals surface area (Å²) < 4.78 is 57.8. The maximum atomic E-state index is 12.7. The summed E-state index contributed by atoms with van der Waals surface area (Å²) in [6.45, 7) is 2.15. The van der Waals surface area contributed by atoms with E-state index < -0.39 is 19.9 Å². The number of aryl methyl sites for hydroxylation is 1. The predicted octanol–water partition coefficient (Wildman–Crippen LogP) is 2.01. The second-order valence-corrected chi connectivity index (χ2v) is 9.02. The first-order valence-corrected chi connectivity index (χ1v) is 10.7. The first kappa shape index (κ1) is 19.6. The van der Waals surface area contributed by atoms with Crippen molar-refractivity contribution >= 4 is 19.9 Å². The quantitative estimate of drug-likeness (QED) is 0.704. The Bertz CT molecular complexity index is 923. The lowest BCUT2D eigenvalue weighted by atomic mass is 10.2. The summed E-state index contributed by atoms with van der Waals surface area (Å²) in [4.78, 5) is 0.0427. The lowest BCUT2D eigenvalue weighted by molar-refractivity contribution is 0.204. The zero-order valence-electron chi connectivity index (χ0n) is 14.1. The molecular weight excluding hydrogens is 362 g/mol. The molecule has 8 heteroatoms. The van der Waals surface area contributed by atoms with E-state index >= 15 is 0 Å². The minimum atomic E-state index is -3.83. The standard InChI is InChI=1S/C17H21NO5S2/c1-3-14-9-10-16(24(19,20)15-7-5-4-6-8-15)13-17(14)25(21,22)18-11-12-23-2/h4-10,13,18H,3,11-12H2,1-2H3. The normalized spacial score (nSPS) is 12.2. The van der Waals surface area contributed by atoms with Crippen LogP contribution in [0.1, 0.15) is 12.5 Å². The number of sulfonamides is 1. The highest BCUT2D eigenvalue weighted by atomic mass is 32.2. The van der Waals surface area contributed by atoms with Gasteiger partial charge in [-0.2, -0.15) is 0 Å². The van der Waals surface area contributed by atoms with Gasteiger partial charge in [-0.15, -0.1) is 0 Å². The number of sulfone groups is 1. The van der Waals surface area contributed by atoms with Crippen LogP contribution in [0, 0.1) is 0 Å². The Morgan fingerprint density at radius 2 is 1.64 bits per heavy atom.